The van der Waals surface area contributed by atoms with Crippen LogP contribution in [-0.4, -0.2) is 28.8 Å². The molecule has 1 heterocycles. The van der Waals surface area contributed by atoms with Crippen molar-refractivity contribution < 1.29 is 19.1 Å². The molecule has 0 radical (unpaired) electrons. The summed E-state index contributed by atoms with van der Waals surface area (Å²) in [6, 6.07) is 22.6. The summed E-state index contributed by atoms with van der Waals surface area (Å²) in [7, 11) is 0. The van der Waals surface area contributed by atoms with Crippen LogP contribution in [0.15, 0.2) is 78.9 Å². The highest BCUT2D eigenvalue weighted by Crippen LogP contribution is 2.35. The minimum Gasteiger partial charge on any atom is -0.438 e. The van der Waals surface area contributed by atoms with Gasteiger partial charge in [-0.25, -0.2) is 4.79 Å². The van der Waals surface area contributed by atoms with Crippen LogP contribution >= 0.6 is 11.6 Å². The number of ether oxygens (including phenoxy) is 1. The molecule has 0 bridgehead atoms. The molecule has 0 unspecified atom stereocenters. The van der Waals surface area contributed by atoms with Crippen molar-refractivity contribution in [3.05, 3.63) is 101 Å². The lowest BCUT2D eigenvalue weighted by Gasteiger charge is -2.26. The van der Waals surface area contributed by atoms with Gasteiger partial charge in [0.2, 0.25) is 11.8 Å². The predicted octanol–water partition coefficient (Wildman–Crippen LogP) is 6.02. The Morgan fingerprint density at radius 2 is 1.78 bits per heavy atom. The Bertz CT molecular complexity index is 1270. The zero-order valence-corrected chi connectivity index (χ0v) is 21.6. The number of anilines is 1. The highest BCUT2D eigenvalue weighted by Gasteiger charge is 2.47. The van der Waals surface area contributed by atoms with Crippen LogP contribution in [0.4, 0.5) is 10.5 Å². The Kier molecular flexibility index (Phi) is 8.46. The molecule has 37 heavy (non-hydrogen) atoms. The quantitative estimate of drug-likeness (QED) is 0.362. The van der Waals surface area contributed by atoms with E-state index in [0.717, 1.165) is 17.5 Å². The van der Waals surface area contributed by atoms with E-state index in [1.165, 1.54) is 4.90 Å². The Morgan fingerprint density at radius 3 is 2.51 bits per heavy atom. The van der Waals surface area contributed by atoms with E-state index in [2.05, 4.69) is 10.6 Å². The lowest BCUT2D eigenvalue weighted by atomic mass is 9.99. The number of halogens is 1. The van der Waals surface area contributed by atoms with Gasteiger partial charge in [-0.05, 0) is 54.3 Å². The van der Waals surface area contributed by atoms with Crippen molar-refractivity contribution in [3.63, 3.8) is 0 Å². The fourth-order valence-electron chi connectivity index (χ4n) is 4.41. The number of carbonyl (C=O) groups excluding carboxylic acids is 3. The van der Waals surface area contributed by atoms with Crippen molar-refractivity contribution in [1.82, 2.24) is 10.2 Å². The van der Waals surface area contributed by atoms with Gasteiger partial charge in [-0.15, -0.1) is 0 Å². The third-order valence-electron chi connectivity index (χ3n) is 6.23. The largest absolute Gasteiger partial charge is 0.438 e. The third-order valence-corrected chi connectivity index (χ3v) is 6.46. The van der Waals surface area contributed by atoms with E-state index in [1.807, 2.05) is 50.2 Å². The molecule has 1 fully saturated rings. The summed E-state index contributed by atoms with van der Waals surface area (Å²) in [6.45, 7) is 3.98. The molecule has 0 saturated carbocycles. The summed E-state index contributed by atoms with van der Waals surface area (Å²) < 4.78 is 5.77. The average molecular weight is 520 g/mol. The molecule has 3 amide bonds. The molecule has 4 rings (SSSR count). The maximum absolute atomic E-state index is 13.7. The van der Waals surface area contributed by atoms with Gasteiger partial charge < -0.3 is 15.4 Å². The van der Waals surface area contributed by atoms with E-state index in [1.54, 1.807) is 42.5 Å². The number of carbonyl (C=O) groups is 3. The number of amides is 3. The first-order valence-corrected chi connectivity index (χ1v) is 12.7. The number of cyclic esters (lactones) is 1. The molecule has 3 aromatic carbocycles. The molecule has 1 aliphatic rings. The number of benzene rings is 3. The molecule has 192 valence electrons. The van der Waals surface area contributed by atoms with E-state index in [9.17, 15) is 14.4 Å². The molecule has 1 saturated heterocycles. The van der Waals surface area contributed by atoms with Crippen molar-refractivity contribution in [3.8, 4) is 0 Å². The van der Waals surface area contributed by atoms with Crippen LogP contribution < -0.4 is 10.6 Å². The highest BCUT2D eigenvalue weighted by molar-refractivity contribution is 6.30. The van der Waals surface area contributed by atoms with Gasteiger partial charge in [0.05, 0.1) is 12.6 Å². The molecular formula is C29H30ClN3O4. The second kappa shape index (κ2) is 11.9. The molecule has 7 nitrogen and oxygen atoms in total. The van der Waals surface area contributed by atoms with Crippen molar-refractivity contribution in [2.75, 3.05) is 5.32 Å². The summed E-state index contributed by atoms with van der Waals surface area (Å²) in [5, 5.41) is 6.44. The van der Waals surface area contributed by atoms with Gasteiger partial charge in [-0.3, -0.25) is 14.5 Å². The smallest absolute Gasteiger partial charge is 0.411 e. The van der Waals surface area contributed by atoms with Crippen LogP contribution in [0.2, 0.25) is 5.02 Å². The fourth-order valence-corrected chi connectivity index (χ4v) is 4.62. The number of rotatable bonds is 9. The molecule has 0 aliphatic carbocycles. The summed E-state index contributed by atoms with van der Waals surface area (Å²) in [6.07, 6.45) is -0.333. The van der Waals surface area contributed by atoms with Crippen LogP contribution in [-0.2, 0) is 20.9 Å². The number of hydrogen-bond donors (Lipinski definition) is 2. The van der Waals surface area contributed by atoms with Gasteiger partial charge in [-0.2, -0.15) is 0 Å². The van der Waals surface area contributed by atoms with E-state index in [-0.39, 0.29) is 24.4 Å². The molecule has 2 N–H and O–H groups in total. The van der Waals surface area contributed by atoms with E-state index in [4.69, 9.17) is 16.3 Å². The Hall–Kier alpha value is -3.84. The summed E-state index contributed by atoms with van der Waals surface area (Å²) in [5.41, 5.74) is 2.92. The number of hydrogen-bond acceptors (Lipinski definition) is 4. The second-order valence-electron chi connectivity index (χ2n) is 9.07. The van der Waals surface area contributed by atoms with Crippen molar-refractivity contribution >= 4 is 35.2 Å². The third kappa shape index (κ3) is 6.49. The summed E-state index contributed by atoms with van der Waals surface area (Å²) in [4.78, 5) is 40.3. The van der Waals surface area contributed by atoms with Gasteiger partial charge in [0.1, 0.15) is 0 Å². The molecule has 3 atom stereocenters. The predicted molar refractivity (Wildman–Crippen MR) is 143 cm³/mol. The zero-order chi connectivity index (χ0) is 26.4. The second-order valence-corrected chi connectivity index (χ2v) is 9.51. The van der Waals surface area contributed by atoms with Gasteiger partial charge in [-0.1, -0.05) is 73.1 Å². The van der Waals surface area contributed by atoms with Crippen LogP contribution in [0, 0.1) is 0 Å². The van der Waals surface area contributed by atoms with Crippen LogP contribution in [0.5, 0.6) is 0 Å². The van der Waals surface area contributed by atoms with Crippen LogP contribution in [0.1, 0.15) is 55.5 Å². The topological polar surface area (TPSA) is 87.7 Å². The molecular weight excluding hydrogens is 490 g/mol. The Balaban J connectivity index is 1.64. The lowest BCUT2D eigenvalue weighted by molar-refractivity contribution is -0.127. The number of nitrogens with one attached hydrogen (secondary N) is 2. The maximum Gasteiger partial charge on any atom is 0.411 e. The first-order valence-electron chi connectivity index (χ1n) is 12.3. The lowest BCUT2D eigenvalue weighted by Crippen LogP contribution is -2.46. The number of nitrogens with zero attached hydrogens (tertiary/aromatic N) is 1. The SMILES string of the molecule is CCCC(=O)Nc1cccc([C@@H]2OC(=O)N(Cc3cccc(Cl)c3)[C@@H]2C(=O)N[C@@H](C)c2ccccc2)c1. The van der Waals surface area contributed by atoms with Crippen LogP contribution in [0.3, 0.4) is 0 Å². The standard InChI is InChI=1S/C29H30ClN3O4/c1-3-9-25(34)32-24-15-8-13-22(17-24)27-26(28(35)31-19(2)21-11-5-4-6-12-21)33(29(36)37-27)18-20-10-7-14-23(30)16-20/h4-8,10-17,19,26-27H,3,9,18H2,1-2H3,(H,31,35)(H,32,34)/t19-,26-,27-/m0/s1. The van der Waals surface area contributed by atoms with E-state index >= 15 is 0 Å². The van der Waals surface area contributed by atoms with Gasteiger partial charge in [0, 0.05) is 17.1 Å². The monoisotopic (exact) mass is 519 g/mol. The summed E-state index contributed by atoms with van der Waals surface area (Å²) >= 11 is 6.16. The minimum atomic E-state index is -0.931. The van der Waals surface area contributed by atoms with Crippen molar-refractivity contribution in [1.29, 1.82) is 0 Å². The first kappa shape index (κ1) is 26.2. The average Bonchev–Trinajstić information content (AvgIpc) is 3.20. The zero-order valence-electron chi connectivity index (χ0n) is 20.8. The van der Waals surface area contributed by atoms with Gasteiger partial charge >= 0.3 is 6.09 Å². The molecule has 1 aliphatic heterocycles. The van der Waals surface area contributed by atoms with Gasteiger partial charge in [0.15, 0.2) is 12.1 Å². The fraction of sp³-hybridized carbons (Fsp3) is 0.276. The first-order chi connectivity index (χ1) is 17.9. The molecule has 3 aromatic rings. The highest BCUT2D eigenvalue weighted by atomic mass is 35.5. The molecule has 8 heteroatoms. The summed E-state index contributed by atoms with van der Waals surface area (Å²) in [5.74, 6) is -0.439. The maximum atomic E-state index is 13.7. The Morgan fingerprint density at radius 1 is 1.03 bits per heavy atom. The Labute approximate surface area is 221 Å². The van der Waals surface area contributed by atoms with Crippen LogP contribution in [0.25, 0.3) is 0 Å². The van der Waals surface area contributed by atoms with E-state index < -0.39 is 18.2 Å². The minimum absolute atomic E-state index is 0.100. The van der Waals surface area contributed by atoms with Crippen molar-refractivity contribution in [2.45, 2.75) is 51.4 Å². The van der Waals surface area contributed by atoms with E-state index in [0.29, 0.717) is 22.7 Å². The van der Waals surface area contributed by atoms with Gasteiger partial charge in [0.25, 0.3) is 0 Å². The molecule has 0 aromatic heterocycles. The normalized spacial score (nSPS) is 17.7. The van der Waals surface area contributed by atoms with Crippen molar-refractivity contribution in [2.24, 2.45) is 0 Å². The molecule has 0 spiro atoms.